The van der Waals surface area contributed by atoms with Gasteiger partial charge < -0.3 is 26.0 Å². The molecule has 0 atom stereocenters. The highest BCUT2D eigenvalue weighted by molar-refractivity contribution is 6.06. The van der Waals surface area contributed by atoms with E-state index in [9.17, 15) is 14.7 Å². The van der Waals surface area contributed by atoms with Gasteiger partial charge in [-0.1, -0.05) is 6.07 Å². The summed E-state index contributed by atoms with van der Waals surface area (Å²) >= 11 is 0. The van der Waals surface area contributed by atoms with Crippen LogP contribution in [0.2, 0.25) is 0 Å². The van der Waals surface area contributed by atoms with E-state index in [4.69, 9.17) is 15.6 Å². The van der Waals surface area contributed by atoms with Crippen molar-refractivity contribution >= 4 is 28.5 Å². The van der Waals surface area contributed by atoms with Crippen LogP contribution in [0.15, 0.2) is 18.2 Å². The lowest BCUT2D eigenvalue weighted by molar-refractivity contribution is -0.124. The Morgan fingerprint density at radius 3 is 2.63 bits per heavy atom. The number of aryl methyl sites for hydroxylation is 1. The molecule has 1 aromatic heterocycles. The highest BCUT2D eigenvalue weighted by Crippen LogP contribution is 2.35. The van der Waals surface area contributed by atoms with Crippen molar-refractivity contribution in [3.63, 3.8) is 0 Å². The van der Waals surface area contributed by atoms with Gasteiger partial charge in [0.05, 0.1) is 28.4 Å². The number of rotatable bonds is 5. The minimum absolute atomic E-state index is 0.00558. The molecule has 0 unspecified atom stereocenters. The number of carboxylic acid groups (broad SMARTS) is 1. The number of anilines is 1. The molecule has 0 spiro atoms. The van der Waals surface area contributed by atoms with Crippen molar-refractivity contribution in [3.8, 4) is 5.75 Å². The Labute approximate surface area is 156 Å². The number of carbonyl (C=O) groups excluding carboxylic acids is 1. The highest BCUT2D eigenvalue weighted by atomic mass is 16.5. The number of amides is 1. The number of hydrogen-bond acceptors (Lipinski definition) is 6. The topological polar surface area (TPSA) is 135 Å². The van der Waals surface area contributed by atoms with Gasteiger partial charge in [0.1, 0.15) is 17.9 Å². The molecule has 3 rings (SSSR count). The lowest BCUT2D eigenvalue weighted by Crippen LogP contribution is -2.40. The zero-order chi connectivity index (χ0) is 19.6. The summed E-state index contributed by atoms with van der Waals surface area (Å²) in [6.07, 6.45) is 2.89. The Bertz CT molecular complexity index is 875. The van der Waals surface area contributed by atoms with Crippen LogP contribution in [-0.2, 0) is 4.79 Å². The molecule has 1 aliphatic carbocycles. The van der Waals surface area contributed by atoms with Crippen LogP contribution in [-0.4, -0.2) is 45.8 Å². The van der Waals surface area contributed by atoms with Crippen LogP contribution >= 0.6 is 0 Å². The van der Waals surface area contributed by atoms with Gasteiger partial charge in [0.2, 0.25) is 5.91 Å². The van der Waals surface area contributed by atoms with Gasteiger partial charge in [-0.3, -0.25) is 9.78 Å². The van der Waals surface area contributed by atoms with Crippen molar-refractivity contribution in [2.24, 2.45) is 0 Å². The summed E-state index contributed by atoms with van der Waals surface area (Å²) in [6.45, 7) is 1.11. The molecule has 0 radical (unpaired) electrons. The van der Waals surface area contributed by atoms with Gasteiger partial charge in [-0.25, -0.2) is 4.79 Å². The second-order valence-electron chi connectivity index (χ2n) is 6.76. The third-order valence-corrected chi connectivity index (χ3v) is 4.88. The van der Waals surface area contributed by atoms with Crippen molar-refractivity contribution in [1.82, 2.24) is 10.3 Å². The second-order valence-corrected chi connectivity index (χ2v) is 6.76. The minimum atomic E-state index is -1.12. The van der Waals surface area contributed by atoms with Crippen LogP contribution in [0, 0.1) is 6.92 Å². The first-order valence-corrected chi connectivity index (χ1v) is 8.89. The number of fused-ring (bicyclic) bond motifs is 1. The number of aliphatic hydroxyl groups is 1. The number of carbonyl (C=O) groups is 2. The summed E-state index contributed by atoms with van der Waals surface area (Å²) in [4.78, 5) is 27.2. The molecule has 144 valence electrons. The number of aromatic carboxylic acids is 1. The van der Waals surface area contributed by atoms with Gasteiger partial charge in [0.25, 0.3) is 0 Å². The Hall–Kier alpha value is -2.87. The Kier molecular flexibility index (Phi) is 5.46. The van der Waals surface area contributed by atoms with Gasteiger partial charge in [-0.15, -0.1) is 0 Å². The summed E-state index contributed by atoms with van der Waals surface area (Å²) in [5.41, 5.74) is 7.26. The van der Waals surface area contributed by atoms with Crippen molar-refractivity contribution in [2.45, 2.75) is 44.8 Å². The Balaban J connectivity index is 1.81. The Morgan fingerprint density at radius 2 is 2.00 bits per heavy atom. The van der Waals surface area contributed by atoms with E-state index in [-0.39, 0.29) is 29.3 Å². The van der Waals surface area contributed by atoms with Crippen molar-refractivity contribution in [3.05, 3.63) is 29.5 Å². The molecular formula is C19H23N3O5. The maximum Gasteiger partial charge on any atom is 0.339 e. The molecule has 2 aromatic rings. The van der Waals surface area contributed by atoms with E-state index in [1.54, 1.807) is 25.1 Å². The van der Waals surface area contributed by atoms with E-state index in [0.717, 1.165) is 25.7 Å². The standard InChI is InChI=1S/C19H23N3O5/c1-10-16(19(25)26)18(20)17-13(21-10)3-2-4-14(17)27-12-7-5-11(6-8-12)22-15(24)9-23/h2-4,11-12,23H,5-9H2,1H3,(H2,20,21)(H,22,24)(H,25,26)/t11-,12-. The van der Waals surface area contributed by atoms with Gasteiger partial charge in [-0.05, 0) is 44.7 Å². The normalized spacial score (nSPS) is 19.6. The summed E-state index contributed by atoms with van der Waals surface area (Å²) in [6, 6.07) is 5.38. The molecule has 1 aromatic carbocycles. The molecule has 27 heavy (non-hydrogen) atoms. The van der Waals surface area contributed by atoms with Crippen molar-refractivity contribution in [2.75, 3.05) is 12.3 Å². The van der Waals surface area contributed by atoms with Crippen LogP contribution in [0.25, 0.3) is 10.9 Å². The van der Waals surface area contributed by atoms with E-state index in [2.05, 4.69) is 10.3 Å². The summed E-state index contributed by atoms with van der Waals surface area (Å²) in [5.74, 6) is -0.971. The van der Waals surface area contributed by atoms with Gasteiger partial charge >= 0.3 is 5.97 Å². The predicted octanol–water partition coefficient (Wildman–Crippen LogP) is 1.62. The van der Waals surface area contributed by atoms with E-state index in [1.807, 2.05) is 0 Å². The second kappa shape index (κ2) is 7.79. The van der Waals surface area contributed by atoms with Crippen LogP contribution in [0.4, 0.5) is 5.69 Å². The third-order valence-electron chi connectivity index (χ3n) is 4.88. The van der Waals surface area contributed by atoms with Crippen LogP contribution < -0.4 is 15.8 Å². The monoisotopic (exact) mass is 373 g/mol. The predicted molar refractivity (Wildman–Crippen MR) is 99.8 cm³/mol. The number of aliphatic hydroxyl groups excluding tert-OH is 1. The molecule has 5 N–H and O–H groups in total. The first-order chi connectivity index (χ1) is 12.9. The SMILES string of the molecule is Cc1nc2cccc(O[C@H]3CC[C@H](NC(=O)CO)CC3)c2c(N)c1C(=O)O. The number of hydrogen-bond donors (Lipinski definition) is 4. The molecule has 1 amide bonds. The molecule has 0 aliphatic heterocycles. The van der Waals surface area contributed by atoms with Gasteiger partial charge in [0, 0.05) is 6.04 Å². The van der Waals surface area contributed by atoms with Crippen LogP contribution in [0.1, 0.15) is 41.7 Å². The Morgan fingerprint density at radius 1 is 1.30 bits per heavy atom. The number of aromatic nitrogens is 1. The minimum Gasteiger partial charge on any atom is -0.490 e. The molecule has 8 nitrogen and oxygen atoms in total. The fourth-order valence-corrected chi connectivity index (χ4v) is 3.59. The largest absolute Gasteiger partial charge is 0.490 e. The summed E-state index contributed by atoms with van der Waals surface area (Å²) in [7, 11) is 0. The lowest BCUT2D eigenvalue weighted by Gasteiger charge is -2.29. The maximum absolute atomic E-state index is 11.5. The average Bonchev–Trinajstić information content (AvgIpc) is 2.62. The fraction of sp³-hybridized carbons (Fsp3) is 0.421. The highest BCUT2D eigenvalue weighted by Gasteiger charge is 2.25. The summed E-state index contributed by atoms with van der Waals surface area (Å²) < 4.78 is 6.13. The third kappa shape index (κ3) is 3.95. The van der Waals surface area contributed by atoms with E-state index < -0.39 is 12.6 Å². The molecule has 0 bridgehead atoms. The summed E-state index contributed by atoms with van der Waals surface area (Å²) in [5, 5.41) is 21.5. The maximum atomic E-state index is 11.5. The van der Waals surface area contributed by atoms with Crippen LogP contribution in [0.3, 0.4) is 0 Å². The van der Waals surface area contributed by atoms with E-state index in [1.165, 1.54) is 0 Å². The number of nitrogen functional groups attached to an aromatic ring is 1. The van der Waals surface area contributed by atoms with E-state index >= 15 is 0 Å². The first kappa shape index (κ1) is 18.9. The molecule has 1 fully saturated rings. The van der Waals surface area contributed by atoms with Gasteiger partial charge in [0.15, 0.2) is 0 Å². The molecule has 1 aliphatic rings. The number of nitrogens with two attached hydrogens (primary N) is 1. The fourth-order valence-electron chi connectivity index (χ4n) is 3.59. The van der Waals surface area contributed by atoms with Crippen LogP contribution in [0.5, 0.6) is 5.75 Å². The number of nitrogens with one attached hydrogen (secondary N) is 1. The number of carboxylic acids is 1. The van der Waals surface area contributed by atoms with Crippen molar-refractivity contribution < 1.29 is 24.5 Å². The molecule has 0 saturated heterocycles. The number of benzene rings is 1. The van der Waals surface area contributed by atoms with Crippen molar-refractivity contribution in [1.29, 1.82) is 0 Å². The smallest absolute Gasteiger partial charge is 0.339 e. The number of nitrogens with zero attached hydrogens (tertiary/aromatic N) is 1. The zero-order valence-corrected chi connectivity index (χ0v) is 15.1. The zero-order valence-electron chi connectivity index (χ0n) is 15.1. The lowest BCUT2D eigenvalue weighted by atomic mass is 9.93. The van der Waals surface area contributed by atoms with E-state index in [0.29, 0.717) is 22.3 Å². The molecule has 1 heterocycles. The quantitative estimate of drug-likeness (QED) is 0.625. The molecule has 1 saturated carbocycles. The molecule has 8 heteroatoms. The molecular weight excluding hydrogens is 350 g/mol. The number of ether oxygens (including phenoxy) is 1. The first-order valence-electron chi connectivity index (χ1n) is 8.89. The average molecular weight is 373 g/mol. The van der Waals surface area contributed by atoms with Gasteiger partial charge in [-0.2, -0.15) is 0 Å². The number of pyridine rings is 1.